The van der Waals surface area contributed by atoms with Crippen LogP contribution in [0, 0.1) is 0 Å². The molecule has 1 aromatic carbocycles. The molecule has 0 saturated heterocycles. The lowest BCUT2D eigenvalue weighted by molar-refractivity contribution is 0.0329. The van der Waals surface area contributed by atoms with Crippen molar-refractivity contribution in [3.05, 3.63) is 23.7 Å². The van der Waals surface area contributed by atoms with Gasteiger partial charge in [0.05, 0.1) is 21.8 Å². The van der Waals surface area contributed by atoms with Gasteiger partial charge in [0.25, 0.3) is 0 Å². The van der Waals surface area contributed by atoms with Gasteiger partial charge < -0.3 is 10.1 Å². The number of thiazole rings is 1. The Bertz CT molecular complexity index is 490. The lowest BCUT2D eigenvalue weighted by Crippen LogP contribution is -2.40. The van der Waals surface area contributed by atoms with E-state index in [0.29, 0.717) is 12.1 Å². The van der Waals surface area contributed by atoms with Crippen LogP contribution in [0.3, 0.4) is 0 Å². The van der Waals surface area contributed by atoms with Gasteiger partial charge in [0.2, 0.25) is 0 Å². The van der Waals surface area contributed by atoms with Crippen molar-refractivity contribution >= 4 is 27.2 Å². The molecule has 1 aromatic heterocycles. The van der Waals surface area contributed by atoms with E-state index < -0.39 is 0 Å². The molecule has 1 saturated carbocycles. The van der Waals surface area contributed by atoms with Gasteiger partial charge in [-0.3, -0.25) is 0 Å². The summed E-state index contributed by atoms with van der Waals surface area (Å²) in [6.07, 6.45) is 2.67. The second-order valence-electron chi connectivity index (χ2n) is 4.21. The molecule has 1 aliphatic carbocycles. The molecular formula is C12H14N2OS. The standard InChI is InChI=1S/C12H14N2OS/c1-15-10-4-9(5-10)14-8-2-3-11-12(6-8)16-7-13-11/h2-3,6-7,9-10,14H,4-5H2,1H3. The first kappa shape index (κ1) is 10.1. The number of aromatic nitrogens is 1. The van der Waals surface area contributed by atoms with E-state index in [0.717, 1.165) is 18.4 Å². The van der Waals surface area contributed by atoms with Crippen LogP contribution in [0.1, 0.15) is 12.8 Å². The summed E-state index contributed by atoms with van der Waals surface area (Å²) in [5.74, 6) is 0. The second-order valence-corrected chi connectivity index (χ2v) is 5.09. The zero-order valence-corrected chi connectivity index (χ0v) is 9.96. The molecule has 1 heterocycles. The Balaban J connectivity index is 1.70. The van der Waals surface area contributed by atoms with Crippen LogP contribution in [0.25, 0.3) is 10.2 Å². The van der Waals surface area contributed by atoms with E-state index in [9.17, 15) is 0 Å². The molecule has 1 aliphatic rings. The molecule has 16 heavy (non-hydrogen) atoms. The third kappa shape index (κ3) is 1.79. The number of nitrogens with zero attached hydrogens (tertiary/aromatic N) is 1. The molecule has 3 nitrogen and oxygen atoms in total. The molecule has 1 fully saturated rings. The first-order chi connectivity index (χ1) is 7.85. The van der Waals surface area contributed by atoms with Crippen molar-refractivity contribution in [1.82, 2.24) is 4.98 Å². The molecule has 1 N–H and O–H groups in total. The second kappa shape index (κ2) is 4.03. The lowest BCUT2D eigenvalue weighted by Gasteiger charge is -2.35. The summed E-state index contributed by atoms with van der Waals surface area (Å²) < 4.78 is 6.51. The maximum absolute atomic E-state index is 5.26. The Labute approximate surface area is 98.5 Å². The number of nitrogens with one attached hydrogen (secondary N) is 1. The highest BCUT2D eigenvalue weighted by molar-refractivity contribution is 7.16. The zero-order valence-electron chi connectivity index (χ0n) is 9.14. The minimum absolute atomic E-state index is 0.449. The Morgan fingerprint density at radius 3 is 3.12 bits per heavy atom. The van der Waals surface area contributed by atoms with Crippen molar-refractivity contribution in [2.75, 3.05) is 12.4 Å². The predicted octanol–water partition coefficient (Wildman–Crippen LogP) is 2.89. The molecule has 0 bridgehead atoms. The summed E-state index contributed by atoms with van der Waals surface area (Å²) in [6, 6.07) is 6.91. The van der Waals surface area contributed by atoms with E-state index in [-0.39, 0.29) is 0 Å². The Hall–Kier alpha value is -1.13. The average molecular weight is 234 g/mol. The number of rotatable bonds is 3. The topological polar surface area (TPSA) is 34.1 Å². The fraction of sp³-hybridized carbons (Fsp3) is 0.417. The molecule has 3 rings (SSSR count). The van der Waals surface area contributed by atoms with E-state index in [2.05, 4.69) is 28.5 Å². The van der Waals surface area contributed by atoms with Crippen LogP contribution in [-0.2, 0) is 4.74 Å². The number of hydrogen-bond acceptors (Lipinski definition) is 4. The summed E-state index contributed by atoms with van der Waals surface area (Å²) in [5, 5.41) is 3.52. The number of ether oxygens (including phenoxy) is 1. The monoisotopic (exact) mass is 234 g/mol. The summed E-state index contributed by atoms with van der Waals surface area (Å²) in [6.45, 7) is 0. The van der Waals surface area contributed by atoms with Crippen LogP contribution >= 0.6 is 11.3 Å². The van der Waals surface area contributed by atoms with Gasteiger partial charge >= 0.3 is 0 Å². The van der Waals surface area contributed by atoms with Crippen LogP contribution in [0.5, 0.6) is 0 Å². The average Bonchev–Trinajstić information content (AvgIpc) is 2.69. The fourth-order valence-corrected chi connectivity index (χ4v) is 2.77. The van der Waals surface area contributed by atoms with Gasteiger partial charge in [-0.15, -0.1) is 11.3 Å². The largest absolute Gasteiger partial charge is 0.382 e. The molecule has 0 aliphatic heterocycles. The van der Waals surface area contributed by atoms with E-state index in [1.165, 1.54) is 10.4 Å². The molecular weight excluding hydrogens is 220 g/mol. The van der Waals surface area contributed by atoms with Gasteiger partial charge in [0.1, 0.15) is 0 Å². The first-order valence-corrected chi connectivity index (χ1v) is 6.35. The van der Waals surface area contributed by atoms with Crippen LogP contribution in [0.15, 0.2) is 23.7 Å². The van der Waals surface area contributed by atoms with Crippen LogP contribution in [0.4, 0.5) is 5.69 Å². The van der Waals surface area contributed by atoms with Gasteiger partial charge in [-0.2, -0.15) is 0 Å². The van der Waals surface area contributed by atoms with Gasteiger partial charge in [0.15, 0.2) is 0 Å². The molecule has 0 radical (unpaired) electrons. The third-order valence-corrected chi connectivity index (χ3v) is 3.92. The number of benzene rings is 1. The highest BCUT2D eigenvalue weighted by Gasteiger charge is 2.28. The molecule has 84 valence electrons. The number of hydrogen-bond donors (Lipinski definition) is 1. The van der Waals surface area contributed by atoms with Crippen molar-refractivity contribution < 1.29 is 4.74 Å². The summed E-state index contributed by atoms with van der Waals surface area (Å²) >= 11 is 1.68. The minimum atomic E-state index is 0.449. The molecule has 0 atom stereocenters. The number of anilines is 1. The van der Waals surface area contributed by atoms with E-state index in [1.54, 1.807) is 18.4 Å². The lowest BCUT2D eigenvalue weighted by atomic mass is 9.89. The van der Waals surface area contributed by atoms with E-state index in [4.69, 9.17) is 4.74 Å². The third-order valence-electron chi connectivity index (χ3n) is 3.13. The molecule has 4 heteroatoms. The SMILES string of the molecule is COC1CC(Nc2ccc3ncsc3c2)C1. The van der Waals surface area contributed by atoms with Crippen LogP contribution < -0.4 is 5.32 Å². The van der Waals surface area contributed by atoms with Gasteiger partial charge in [-0.1, -0.05) is 0 Å². The smallest absolute Gasteiger partial charge is 0.0813 e. The molecule has 0 unspecified atom stereocenters. The zero-order chi connectivity index (χ0) is 11.0. The van der Waals surface area contributed by atoms with Crippen molar-refractivity contribution in [2.45, 2.75) is 25.0 Å². The Kier molecular flexibility index (Phi) is 2.53. The van der Waals surface area contributed by atoms with Crippen molar-refractivity contribution in [2.24, 2.45) is 0 Å². The van der Waals surface area contributed by atoms with E-state index in [1.807, 2.05) is 5.51 Å². The molecule has 2 aromatic rings. The maximum atomic E-state index is 5.26. The number of methoxy groups -OCH3 is 1. The molecule has 0 amide bonds. The van der Waals surface area contributed by atoms with Crippen molar-refractivity contribution in [3.8, 4) is 0 Å². The Morgan fingerprint density at radius 2 is 2.31 bits per heavy atom. The number of fused-ring (bicyclic) bond motifs is 1. The van der Waals surface area contributed by atoms with Gasteiger partial charge in [0, 0.05) is 18.8 Å². The van der Waals surface area contributed by atoms with Crippen molar-refractivity contribution in [3.63, 3.8) is 0 Å². The summed E-state index contributed by atoms with van der Waals surface area (Å²) in [5.41, 5.74) is 4.16. The first-order valence-electron chi connectivity index (χ1n) is 5.48. The fourth-order valence-electron chi connectivity index (χ4n) is 2.06. The summed E-state index contributed by atoms with van der Waals surface area (Å²) in [7, 11) is 1.78. The van der Waals surface area contributed by atoms with Crippen LogP contribution in [-0.4, -0.2) is 24.2 Å². The van der Waals surface area contributed by atoms with E-state index >= 15 is 0 Å². The summed E-state index contributed by atoms with van der Waals surface area (Å²) in [4.78, 5) is 4.27. The quantitative estimate of drug-likeness (QED) is 0.886. The predicted molar refractivity (Wildman–Crippen MR) is 67.1 cm³/mol. The van der Waals surface area contributed by atoms with Gasteiger partial charge in [-0.05, 0) is 31.0 Å². The normalized spacial score (nSPS) is 24.3. The molecule has 0 spiro atoms. The van der Waals surface area contributed by atoms with Crippen LogP contribution in [0.2, 0.25) is 0 Å². The highest BCUT2D eigenvalue weighted by atomic mass is 32.1. The van der Waals surface area contributed by atoms with Gasteiger partial charge in [-0.25, -0.2) is 4.98 Å². The minimum Gasteiger partial charge on any atom is -0.382 e. The maximum Gasteiger partial charge on any atom is 0.0813 e. The van der Waals surface area contributed by atoms with Crippen molar-refractivity contribution in [1.29, 1.82) is 0 Å². The Morgan fingerprint density at radius 1 is 1.44 bits per heavy atom. The highest BCUT2D eigenvalue weighted by Crippen LogP contribution is 2.28.